The number of likely N-dealkylation sites (tertiary alicyclic amines) is 2. The van der Waals surface area contributed by atoms with E-state index < -0.39 is 6.04 Å². The Morgan fingerprint density at radius 1 is 0.850 bits per heavy atom. The second-order valence-electron chi connectivity index (χ2n) is 11.7. The Balaban J connectivity index is 0.986. The van der Waals surface area contributed by atoms with Crippen LogP contribution < -0.4 is 5.32 Å². The number of carbonyl (C=O) groups is 3. The first-order chi connectivity index (χ1) is 19.5. The van der Waals surface area contributed by atoms with Gasteiger partial charge in [-0.05, 0) is 93.5 Å². The van der Waals surface area contributed by atoms with Gasteiger partial charge >= 0.3 is 0 Å². The minimum atomic E-state index is -0.580. The number of amides is 3. The smallest absolute Gasteiger partial charge is 0.255 e. The number of thioether (sulfide) groups is 1. The van der Waals surface area contributed by atoms with E-state index in [0.29, 0.717) is 18.5 Å². The Hall–Kier alpha value is -2.68. The molecule has 0 aliphatic carbocycles. The highest BCUT2D eigenvalue weighted by molar-refractivity contribution is 7.98. The summed E-state index contributed by atoms with van der Waals surface area (Å²) in [5.74, 6) is 0.0778. The standard InChI is InChI=1S/C32H40N4O3S/c37-30-12-11-28(31(38)33-30)36-21-27-26(32(36)39)5-4-6-29(27)40-22-24-9-7-23(8-10-24)13-18-34-19-14-25(15-20-34)35-16-2-1-3-17-35/h4-10,25,28H,1-3,11-22H2,(H,33,37,38). The van der Waals surface area contributed by atoms with Crippen molar-refractivity contribution in [3.8, 4) is 0 Å². The number of nitrogens with one attached hydrogen (secondary N) is 1. The van der Waals surface area contributed by atoms with Crippen LogP contribution in [0.1, 0.15) is 72.0 Å². The van der Waals surface area contributed by atoms with Crippen LogP contribution in [0.25, 0.3) is 0 Å². The van der Waals surface area contributed by atoms with Crippen LogP contribution in [0.4, 0.5) is 0 Å². The second-order valence-corrected chi connectivity index (χ2v) is 12.7. The number of carbonyl (C=O) groups excluding carboxylic acids is 3. The van der Waals surface area contributed by atoms with Gasteiger partial charge in [0.25, 0.3) is 5.91 Å². The molecule has 6 rings (SSSR count). The third-order valence-corrected chi connectivity index (χ3v) is 10.3. The van der Waals surface area contributed by atoms with Crippen molar-refractivity contribution in [1.82, 2.24) is 20.0 Å². The molecule has 3 saturated heterocycles. The van der Waals surface area contributed by atoms with Crippen molar-refractivity contribution in [2.24, 2.45) is 0 Å². The number of hydrogen-bond acceptors (Lipinski definition) is 6. The molecule has 0 spiro atoms. The van der Waals surface area contributed by atoms with Crippen molar-refractivity contribution >= 4 is 29.5 Å². The van der Waals surface area contributed by atoms with Gasteiger partial charge < -0.3 is 14.7 Å². The first kappa shape index (κ1) is 27.5. The zero-order valence-electron chi connectivity index (χ0n) is 23.3. The SMILES string of the molecule is O=C1CCC(N2Cc3c(SCc4ccc(CCN5CCC(N6CCCCC6)CC5)cc4)cccc3C2=O)C(=O)N1. The molecule has 3 amide bonds. The second kappa shape index (κ2) is 12.5. The van der Waals surface area contributed by atoms with E-state index in [1.807, 2.05) is 12.1 Å². The minimum absolute atomic E-state index is 0.118. The fourth-order valence-electron chi connectivity index (χ4n) is 6.73. The van der Waals surface area contributed by atoms with Crippen molar-refractivity contribution in [2.45, 2.75) is 80.6 Å². The number of benzene rings is 2. The number of nitrogens with zero attached hydrogens (tertiary/aromatic N) is 3. The molecule has 1 atom stereocenters. The van der Waals surface area contributed by atoms with Gasteiger partial charge in [0.1, 0.15) is 6.04 Å². The van der Waals surface area contributed by atoms with Crippen LogP contribution in [0.5, 0.6) is 0 Å². The Bertz CT molecular complexity index is 1240. The van der Waals surface area contributed by atoms with Crippen molar-refractivity contribution in [1.29, 1.82) is 0 Å². The maximum absolute atomic E-state index is 13.1. The summed E-state index contributed by atoms with van der Waals surface area (Å²) in [4.78, 5) is 45.1. The molecule has 4 aliphatic heterocycles. The van der Waals surface area contributed by atoms with Crippen LogP contribution in [0.2, 0.25) is 0 Å². The van der Waals surface area contributed by atoms with Gasteiger partial charge in [0.15, 0.2) is 0 Å². The van der Waals surface area contributed by atoms with Gasteiger partial charge in [-0.3, -0.25) is 19.7 Å². The summed E-state index contributed by atoms with van der Waals surface area (Å²) in [6, 6.07) is 15.0. The van der Waals surface area contributed by atoms with E-state index in [2.05, 4.69) is 45.4 Å². The lowest BCUT2D eigenvalue weighted by molar-refractivity contribution is -0.136. The summed E-state index contributed by atoms with van der Waals surface area (Å²) in [5.41, 5.74) is 4.31. The molecule has 2 aromatic carbocycles. The lowest BCUT2D eigenvalue weighted by Gasteiger charge is -2.40. The molecular formula is C32H40N4O3S. The van der Waals surface area contributed by atoms with Crippen molar-refractivity contribution in [3.63, 3.8) is 0 Å². The van der Waals surface area contributed by atoms with Crippen molar-refractivity contribution < 1.29 is 14.4 Å². The normalized spacial score (nSPS) is 22.9. The van der Waals surface area contributed by atoms with E-state index in [0.717, 1.165) is 35.2 Å². The number of piperidine rings is 3. The highest BCUT2D eigenvalue weighted by atomic mass is 32.2. The maximum Gasteiger partial charge on any atom is 0.255 e. The fraction of sp³-hybridized carbons (Fsp3) is 0.531. The van der Waals surface area contributed by atoms with Crippen molar-refractivity contribution in [2.75, 3.05) is 32.7 Å². The van der Waals surface area contributed by atoms with Crippen LogP contribution in [-0.4, -0.2) is 77.2 Å². The third-order valence-electron chi connectivity index (χ3n) is 9.14. The number of imide groups is 1. The molecule has 0 radical (unpaired) electrons. The van der Waals surface area contributed by atoms with Gasteiger partial charge in [0.2, 0.25) is 11.8 Å². The molecule has 40 heavy (non-hydrogen) atoms. The van der Waals surface area contributed by atoms with Gasteiger partial charge in [-0.2, -0.15) is 0 Å². The molecule has 1 unspecified atom stereocenters. The van der Waals surface area contributed by atoms with Gasteiger partial charge in [-0.15, -0.1) is 11.8 Å². The molecular weight excluding hydrogens is 520 g/mol. The van der Waals surface area contributed by atoms with Gasteiger partial charge in [-0.1, -0.05) is 36.8 Å². The van der Waals surface area contributed by atoms with E-state index >= 15 is 0 Å². The number of hydrogen-bond donors (Lipinski definition) is 1. The highest BCUT2D eigenvalue weighted by Crippen LogP contribution is 2.35. The van der Waals surface area contributed by atoms with Gasteiger partial charge in [0, 0.05) is 41.8 Å². The van der Waals surface area contributed by atoms with Crippen LogP contribution in [0.3, 0.4) is 0 Å². The lowest BCUT2D eigenvalue weighted by atomic mass is 9.99. The van der Waals surface area contributed by atoms with Crippen molar-refractivity contribution in [3.05, 3.63) is 64.7 Å². The number of fused-ring (bicyclic) bond motifs is 1. The molecule has 3 fully saturated rings. The van der Waals surface area contributed by atoms with Crippen LogP contribution in [-0.2, 0) is 28.3 Å². The zero-order valence-corrected chi connectivity index (χ0v) is 24.1. The summed E-state index contributed by atoms with van der Waals surface area (Å²) in [6.07, 6.45) is 8.55. The molecule has 4 aliphatic rings. The summed E-state index contributed by atoms with van der Waals surface area (Å²) in [6.45, 7) is 6.61. The average Bonchev–Trinajstić information content (AvgIpc) is 3.32. The first-order valence-corrected chi connectivity index (χ1v) is 16.0. The Morgan fingerprint density at radius 3 is 2.35 bits per heavy atom. The molecule has 7 nitrogen and oxygen atoms in total. The molecule has 8 heteroatoms. The quantitative estimate of drug-likeness (QED) is 0.385. The number of rotatable bonds is 8. The summed E-state index contributed by atoms with van der Waals surface area (Å²) in [5, 5.41) is 2.38. The average molecular weight is 561 g/mol. The molecule has 212 valence electrons. The summed E-state index contributed by atoms with van der Waals surface area (Å²) in [7, 11) is 0. The Labute approximate surface area is 241 Å². The van der Waals surface area contributed by atoms with E-state index in [4.69, 9.17) is 0 Å². The largest absolute Gasteiger partial charge is 0.322 e. The topological polar surface area (TPSA) is 73.0 Å². The molecule has 0 bridgehead atoms. The summed E-state index contributed by atoms with van der Waals surface area (Å²) >= 11 is 1.74. The van der Waals surface area contributed by atoms with Gasteiger partial charge in [-0.25, -0.2) is 0 Å². The van der Waals surface area contributed by atoms with Crippen LogP contribution >= 0.6 is 11.8 Å². The molecule has 4 heterocycles. The first-order valence-electron chi connectivity index (χ1n) is 15.0. The van der Waals surface area contributed by atoms with E-state index in [1.54, 1.807) is 16.7 Å². The highest BCUT2D eigenvalue weighted by Gasteiger charge is 2.39. The fourth-order valence-corrected chi connectivity index (χ4v) is 7.77. The molecule has 1 N–H and O–H groups in total. The third kappa shape index (κ3) is 6.14. The molecule has 0 aromatic heterocycles. The predicted molar refractivity (Wildman–Crippen MR) is 157 cm³/mol. The Morgan fingerprint density at radius 2 is 1.60 bits per heavy atom. The van der Waals surface area contributed by atoms with E-state index in [9.17, 15) is 14.4 Å². The Kier molecular flexibility index (Phi) is 8.56. The molecule has 2 aromatic rings. The monoisotopic (exact) mass is 560 g/mol. The van der Waals surface area contributed by atoms with E-state index in [1.165, 1.54) is 69.4 Å². The predicted octanol–water partition coefficient (Wildman–Crippen LogP) is 4.23. The minimum Gasteiger partial charge on any atom is -0.322 e. The summed E-state index contributed by atoms with van der Waals surface area (Å²) < 4.78 is 0. The van der Waals surface area contributed by atoms with Crippen LogP contribution in [0, 0.1) is 0 Å². The van der Waals surface area contributed by atoms with E-state index in [-0.39, 0.29) is 24.1 Å². The van der Waals surface area contributed by atoms with Gasteiger partial charge in [0.05, 0.1) is 0 Å². The zero-order chi connectivity index (χ0) is 27.5. The van der Waals surface area contributed by atoms with Crippen LogP contribution in [0.15, 0.2) is 47.4 Å². The molecule has 0 saturated carbocycles. The lowest BCUT2D eigenvalue weighted by Crippen LogP contribution is -2.52. The maximum atomic E-state index is 13.1.